The second-order valence-corrected chi connectivity index (χ2v) is 11.8. The Morgan fingerprint density at radius 3 is 1.97 bits per heavy atom. The molecule has 2 heterocycles. The summed E-state index contributed by atoms with van der Waals surface area (Å²) in [6.45, 7) is 8.27. The lowest BCUT2D eigenvalue weighted by atomic mass is 9.66. The van der Waals surface area contributed by atoms with E-state index in [9.17, 15) is 9.59 Å². The van der Waals surface area contributed by atoms with Gasteiger partial charge in [0.1, 0.15) is 23.0 Å². The molecular weight excluding hydrogens is 459 g/mol. The molecule has 0 saturated heterocycles. The molecule has 6 heteroatoms. The van der Waals surface area contributed by atoms with Gasteiger partial charge in [0.15, 0.2) is 11.6 Å². The largest absolute Gasteiger partial charge is 0.465 e. The third kappa shape index (κ3) is 3.98. The fourth-order valence-electron chi connectivity index (χ4n) is 5.30. The Morgan fingerprint density at radius 2 is 1.39 bits per heavy atom. The lowest BCUT2D eigenvalue weighted by Gasteiger charge is -2.42. The smallest absolute Gasteiger partial charge is 0.163 e. The molecule has 1 aliphatic heterocycles. The fourth-order valence-corrected chi connectivity index (χ4v) is 5.68. The second kappa shape index (κ2) is 7.61. The van der Waals surface area contributed by atoms with E-state index in [1.54, 1.807) is 18.2 Å². The Morgan fingerprint density at radius 1 is 0.818 bits per heavy atom. The van der Waals surface area contributed by atoms with E-state index in [1.807, 2.05) is 12.1 Å². The number of halogens is 2. The van der Waals surface area contributed by atoms with Crippen molar-refractivity contribution in [3.8, 4) is 11.3 Å². The van der Waals surface area contributed by atoms with E-state index in [1.165, 1.54) is 0 Å². The molecule has 2 aliphatic carbocycles. The lowest BCUT2D eigenvalue weighted by Crippen LogP contribution is -2.37. The van der Waals surface area contributed by atoms with Crippen LogP contribution in [0.15, 0.2) is 57.4 Å². The summed E-state index contributed by atoms with van der Waals surface area (Å²) in [5.74, 6) is 1.88. The number of hydrogen-bond donors (Lipinski definition) is 0. The molecule has 1 aromatic carbocycles. The van der Waals surface area contributed by atoms with E-state index >= 15 is 0 Å². The predicted octanol–water partition coefficient (Wildman–Crippen LogP) is 7.65. The Labute approximate surface area is 203 Å². The summed E-state index contributed by atoms with van der Waals surface area (Å²) in [7, 11) is 0. The van der Waals surface area contributed by atoms with Crippen molar-refractivity contribution in [1.29, 1.82) is 0 Å². The third-order valence-electron chi connectivity index (χ3n) is 6.69. The van der Waals surface area contributed by atoms with Gasteiger partial charge in [-0.15, -0.1) is 0 Å². The monoisotopic (exact) mass is 484 g/mol. The first-order valence-electron chi connectivity index (χ1n) is 11.2. The van der Waals surface area contributed by atoms with E-state index in [0.717, 1.165) is 0 Å². The highest BCUT2D eigenvalue weighted by Crippen LogP contribution is 2.53. The molecule has 3 aliphatic rings. The maximum absolute atomic E-state index is 13.4. The van der Waals surface area contributed by atoms with E-state index in [0.29, 0.717) is 75.5 Å². The van der Waals surface area contributed by atoms with Gasteiger partial charge < -0.3 is 9.15 Å². The van der Waals surface area contributed by atoms with E-state index < -0.39 is 5.92 Å². The van der Waals surface area contributed by atoms with Crippen molar-refractivity contribution in [3.63, 3.8) is 0 Å². The molecule has 2 aromatic rings. The number of ketones is 2. The molecule has 0 bridgehead atoms. The van der Waals surface area contributed by atoms with Gasteiger partial charge in [-0.2, -0.15) is 0 Å². The van der Waals surface area contributed by atoms with Crippen LogP contribution in [-0.4, -0.2) is 11.6 Å². The van der Waals surface area contributed by atoms with E-state index in [2.05, 4.69) is 27.7 Å². The SMILES string of the molecule is CC1(C)CC(=O)C2=C(C1)OC1=C(C(=O)CC(C)(C)C1)C2c1ccc(-c2cc(Cl)ccc2Cl)o1. The maximum atomic E-state index is 13.4. The lowest BCUT2D eigenvalue weighted by molar-refractivity contribution is -0.120. The van der Waals surface area contributed by atoms with Gasteiger partial charge in [-0.3, -0.25) is 9.59 Å². The quantitative estimate of drug-likeness (QED) is 0.438. The van der Waals surface area contributed by atoms with Gasteiger partial charge in [-0.1, -0.05) is 50.9 Å². The number of benzene rings is 1. The Balaban J connectivity index is 1.67. The van der Waals surface area contributed by atoms with Gasteiger partial charge in [-0.05, 0) is 41.2 Å². The van der Waals surface area contributed by atoms with E-state index in [-0.39, 0.29) is 22.4 Å². The molecule has 0 radical (unpaired) electrons. The topological polar surface area (TPSA) is 56.5 Å². The summed E-state index contributed by atoms with van der Waals surface area (Å²) in [6, 6.07) is 8.83. The minimum atomic E-state index is -0.567. The zero-order valence-electron chi connectivity index (χ0n) is 19.2. The number of hydrogen-bond acceptors (Lipinski definition) is 4. The van der Waals surface area contributed by atoms with Gasteiger partial charge in [0.2, 0.25) is 0 Å². The minimum absolute atomic E-state index is 0.00849. The summed E-state index contributed by atoms with van der Waals surface area (Å²) in [6.07, 6.45) is 2.09. The number of carbonyl (C=O) groups excluding carboxylic acids is 2. The predicted molar refractivity (Wildman–Crippen MR) is 128 cm³/mol. The van der Waals surface area contributed by atoms with Gasteiger partial charge >= 0.3 is 0 Å². The van der Waals surface area contributed by atoms with Crippen molar-refractivity contribution in [2.45, 2.75) is 59.3 Å². The van der Waals surface area contributed by atoms with Crippen LogP contribution >= 0.6 is 23.2 Å². The highest BCUT2D eigenvalue weighted by Gasteiger charge is 2.48. The molecule has 0 saturated carbocycles. The molecule has 0 N–H and O–H groups in total. The normalized spacial score (nSPS) is 22.2. The molecule has 0 atom stereocenters. The van der Waals surface area contributed by atoms with Gasteiger partial charge in [-0.25, -0.2) is 0 Å². The minimum Gasteiger partial charge on any atom is -0.465 e. The van der Waals surface area contributed by atoms with Crippen molar-refractivity contribution < 1.29 is 18.7 Å². The first-order valence-corrected chi connectivity index (χ1v) is 12.0. The molecule has 4 nitrogen and oxygen atoms in total. The number of allylic oxidation sites excluding steroid dienone is 4. The van der Waals surface area contributed by atoms with Gasteiger partial charge in [0, 0.05) is 47.4 Å². The van der Waals surface area contributed by atoms with Crippen LogP contribution < -0.4 is 0 Å². The first kappa shape index (κ1) is 22.5. The average Bonchev–Trinajstić information content (AvgIpc) is 3.16. The first-order chi connectivity index (χ1) is 15.4. The number of rotatable bonds is 2. The average molecular weight is 485 g/mol. The number of ether oxygens (including phenoxy) is 1. The molecule has 0 unspecified atom stereocenters. The highest BCUT2D eigenvalue weighted by molar-refractivity contribution is 6.35. The Hall–Kier alpha value is -2.30. The molecule has 0 spiro atoms. The number of carbonyl (C=O) groups is 2. The van der Waals surface area contributed by atoms with Crippen LogP contribution in [0, 0.1) is 10.8 Å². The van der Waals surface area contributed by atoms with Crippen molar-refractivity contribution in [2.24, 2.45) is 10.8 Å². The molecule has 1 aromatic heterocycles. The van der Waals surface area contributed by atoms with Crippen molar-refractivity contribution in [1.82, 2.24) is 0 Å². The van der Waals surface area contributed by atoms with Crippen LogP contribution in [0.5, 0.6) is 0 Å². The maximum Gasteiger partial charge on any atom is 0.163 e. The number of furan rings is 1. The van der Waals surface area contributed by atoms with Gasteiger partial charge in [0.25, 0.3) is 0 Å². The van der Waals surface area contributed by atoms with Crippen LogP contribution in [-0.2, 0) is 14.3 Å². The van der Waals surface area contributed by atoms with Gasteiger partial charge in [0.05, 0.1) is 10.9 Å². The molecule has 172 valence electrons. The third-order valence-corrected chi connectivity index (χ3v) is 7.25. The Kier molecular flexibility index (Phi) is 5.19. The van der Waals surface area contributed by atoms with Crippen molar-refractivity contribution in [3.05, 3.63) is 68.8 Å². The molecule has 0 amide bonds. The zero-order valence-corrected chi connectivity index (χ0v) is 20.7. The fraction of sp³-hybridized carbons (Fsp3) is 0.407. The summed E-state index contributed by atoms with van der Waals surface area (Å²) < 4.78 is 12.6. The van der Waals surface area contributed by atoms with Crippen molar-refractivity contribution >= 4 is 34.8 Å². The molecule has 5 rings (SSSR count). The molecule has 0 fully saturated rings. The van der Waals surface area contributed by atoms with Crippen LogP contribution in [0.2, 0.25) is 10.0 Å². The summed E-state index contributed by atoms with van der Waals surface area (Å²) in [5.41, 5.74) is 1.38. The molecule has 33 heavy (non-hydrogen) atoms. The van der Waals surface area contributed by atoms with Crippen LogP contribution in [0.25, 0.3) is 11.3 Å². The van der Waals surface area contributed by atoms with Crippen LogP contribution in [0.4, 0.5) is 0 Å². The summed E-state index contributed by atoms with van der Waals surface area (Å²) in [5, 5.41) is 1.06. The summed E-state index contributed by atoms with van der Waals surface area (Å²) in [4.78, 5) is 26.7. The Bertz CT molecular complexity index is 1210. The van der Waals surface area contributed by atoms with Crippen LogP contribution in [0.1, 0.15) is 65.1 Å². The number of Topliss-reactive ketones (excluding diaryl/α,β-unsaturated/α-hetero) is 2. The van der Waals surface area contributed by atoms with Crippen molar-refractivity contribution in [2.75, 3.05) is 0 Å². The standard InChI is InChI=1S/C27H26Cl2O4/c1-26(2)10-17(30)23-21(12-26)33-22-13-27(3,4)11-18(31)24(22)25(23)20-8-7-19(32-20)15-9-14(28)5-6-16(15)29/h5-9,25H,10-13H2,1-4H3. The highest BCUT2D eigenvalue weighted by atomic mass is 35.5. The zero-order chi connectivity index (χ0) is 23.7. The second-order valence-electron chi connectivity index (χ2n) is 10.9. The van der Waals surface area contributed by atoms with E-state index in [4.69, 9.17) is 32.4 Å². The van der Waals surface area contributed by atoms with Crippen LogP contribution in [0.3, 0.4) is 0 Å². The summed E-state index contributed by atoms with van der Waals surface area (Å²) >= 11 is 12.6. The molecular formula is C27H26Cl2O4.